The van der Waals surface area contributed by atoms with E-state index in [2.05, 4.69) is 11.9 Å². The van der Waals surface area contributed by atoms with Gasteiger partial charge in [0.15, 0.2) is 5.76 Å². The van der Waals surface area contributed by atoms with Crippen LogP contribution in [0.25, 0.3) is 6.08 Å². The number of fused-ring (bicyclic) bond motifs is 1. The molecule has 27 heavy (non-hydrogen) atoms. The summed E-state index contributed by atoms with van der Waals surface area (Å²) in [6.45, 7) is 1.80. The molecular weight excluding hydrogens is 366 g/mol. The van der Waals surface area contributed by atoms with Crippen LogP contribution in [0.3, 0.4) is 0 Å². The Morgan fingerprint density at radius 2 is 1.89 bits per heavy atom. The van der Waals surface area contributed by atoms with Crippen molar-refractivity contribution in [2.45, 2.75) is 18.8 Å². The number of ketones is 1. The number of rotatable bonds is 2. The zero-order chi connectivity index (χ0) is 19.1. The zero-order valence-electron chi connectivity index (χ0n) is 14.9. The van der Waals surface area contributed by atoms with Gasteiger partial charge in [-0.2, -0.15) is 0 Å². The molecule has 2 aromatic carbocycles. The third-order valence-electron chi connectivity index (χ3n) is 5.26. The summed E-state index contributed by atoms with van der Waals surface area (Å²) in [7, 11) is 2.06. The third kappa shape index (κ3) is 3.17. The molecule has 1 saturated heterocycles. The van der Waals surface area contributed by atoms with Gasteiger partial charge in [-0.25, -0.2) is 0 Å². The molecular formula is C21H20ClNO4. The van der Waals surface area contributed by atoms with E-state index in [-0.39, 0.29) is 34.5 Å². The highest BCUT2D eigenvalue weighted by Gasteiger charge is 2.37. The molecule has 1 fully saturated rings. The normalized spacial score (nSPS) is 19.3. The molecule has 2 aliphatic rings. The fraction of sp³-hybridized carbons (Fsp3) is 0.286. The lowest BCUT2D eigenvalue weighted by molar-refractivity contribution is 0.101. The van der Waals surface area contributed by atoms with Crippen molar-refractivity contribution >= 4 is 23.5 Å². The number of hydrogen-bond donors (Lipinski definition) is 2. The predicted octanol–water partition coefficient (Wildman–Crippen LogP) is 4.18. The van der Waals surface area contributed by atoms with Gasteiger partial charge in [-0.15, -0.1) is 0 Å². The molecule has 0 radical (unpaired) electrons. The van der Waals surface area contributed by atoms with Crippen molar-refractivity contribution in [2.75, 3.05) is 20.1 Å². The van der Waals surface area contributed by atoms with Crippen LogP contribution in [-0.4, -0.2) is 41.0 Å². The van der Waals surface area contributed by atoms with Gasteiger partial charge in [-0.05, 0) is 56.6 Å². The summed E-state index contributed by atoms with van der Waals surface area (Å²) in [4.78, 5) is 15.1. The Hall–Kier alpha value is -2.50. The van der Waals surface area contributed by atoms with Crippen LogP contribution in [0.4, 0.5) is 0 Å². The van der Waals surface area contributed by atoms with Gasteiger partial charge in [-0.1, -0.05) is 29.8 Å². The summed E-state index contributed by atoms with van der Waals surface area (Å²) in [6, 6.07) is 8.38. The fourth-order valence-electron chi connectivity index (χ4n) is 3.77. The van der Waals surface area contributed by atoms with Gasteiger partial charge in [0, 0.05) is 16.7 Å². The smallest absolute Gasteiger partial charge is 0.235 e. The van der Waals surface area contributed by atoms with Gasteiger partial charge in [-0.3, -0.25) is 4.79 Å². The van der Waals surface area contributed by atoms with E-state index in [9.17, 15) is 15.0 Å². The minimum atomic E-state index is -0.406. The van der Waals surface area contributed by atoms with Gasteiger partial charge in [0.25, 0.3) is 0 Å². The number of likely N-dealkylation sites (tertiary alicyclic amines) is 1. The molecule has 0 amide bonds. The van der Waals surface area contributed by atoms with Crippen LogP contribution in [0.1, 0.15) is 40.2 Å². The van der Waals surface area contributed by atoms with E-state index in [4.69, 9.17) is 16.3 Å². The average molecular weight is 386 g/mol. The maximum Gasteiger partial charge on any atom is 0.235 e. The Morgan fingerprint density at radius 3 is 2.59 bits per heavy atom. The Balaban J connectivity index is 1.77. The Kier molecular flexibility index (Phi) is 4.58. The summed E-state index contributed by atoms with van der Waals surface area (Å²) < 4.78 is 5.87. The monoisotopic (exact) mass is 385 g/mol. The van der Waals surface area contributed by atoms with Gasteiger partial charge >= 0.3 is 0 Å². The number of ether oxygens (including phenoxy) is 1. The Morgan fingerprint density at radius 1 is 1.19 bits per heavy atom. The molecule has 0 aliphatic carbocycles. The van der Waals surface area contributed by atoms with Crippen LogP contribution in [0.15, 0.2) is 36.1 Å². The van der Waals surface area contributed by atoms with E-state index in [1.165, 1.54) is 6.07 Å². The van der Waals surface area contributed by atoms with Crippen molar-refractivity contribution in [3.8, 4) is 17.2 Å². The second-order valence-corrected chi connectivity index (χ2v) is 7.48. The van der Waals surface area contributed by atoms with Gasteiger partial charge < -0.3 is 19.8 Å². The van der Waals surface area contributed by atoms with E-state index in [1.54, 1.807) is 24.3 Å². The van der Waals surface area contributed by atoms with Gasteiger partial charge in [0.1, 0.15) is 22.8 Å². The maximum atomic E-state index is 12.8. The lowest BCUT2D eigenvalue weighted by Gasteiger charge is -2.30. The predicted molar refractivity (Wildman–Crippen MR) is 104 cm³/mol. The number of halogens is 1. The number of phenolic OH excluding ortho intramolecular Hbond substituents is 2. The molecule has 5 nitrogen and oxygen atoms in total. The first kappa shape index (κ1) is 17.9. The molecule has 2 N–H and O–H groups in total. The minimum absolute atomic E-state index is 0.0346. The molecule has 4 rings (SSSR count). The highest BCUT2D eigenvalue weighted by molar-refractivity contribution is 6.32. The fourth-order valence-corrected chi connectivity index (χ4v) is 3.96. The van der Waals surface area contributed by atoms with E-state index >= 15 is 0 Å². The molecule has 0 bridgehead atoms. The zero-order valence-corrected chi connectivity index (χ0v) is 15.7. The second kappa shape index (κ2) is 6.91. The standard InChI is InChI=1S/C21H20ClNO4/c1-23-8-6-12(7-9-23)18-15(24)11-16(25)19-20(26)17(27-21(18)19)10-13-4-2-3-5-14(13)22/h2-5,10-12,24-25H,6-9H2,1H3/b17-10-. The highest BCUT2D eigenvalue weighted by Crippen LogP contribution is 2.49. The van der Waals surface area contributed by atoms with E-state index in [0.717, 1.165) is 25.9 Å². The summed E-state index contributed by atoms with van der Waals surface area (Å²) in [5.74, 6) is -0.280. The van der Waals surface area contributed by atoms with Crippen LogP contribution in [-0.2, 0) is 0 Å². The van der Waals surface area contributed by atoms with E-state index < -0.39 is 5.78 Å². The SMILES string of the molecule is CN1CCC(c2c(O)cc(O)c3c2O/C(=C\c2ccccc2Cl)C3=O)CC1. The van der Waals surface area contributed by atoms with Crippen LogP contribution < -0.4 is 4.74 Å². The Bertz CT molecular complexity index is 945. The summed E-state index contributed by atoms with van der Waals surface area (Å²) in [6.07, 6.45) is 3.27. The second-order valence-electron chi connectivity index (χ2n) is 7.07. The lowest BCUT2D eigenvalue weighted by atomic mass is 9.86. The summed E-state index contributed by atoms with van der Waals surface area (Å²) in [5.41, 5.74) is 1.37. The number of nitrogens with zero attached hydrogens (tertiary/aromatic N) is 1. The van der Waals surface area contributed by atoms with Crippen molar-refractivity contribution < 1.29 is 19.7 Å². The third-order valence-corrected chi connectivity index (χ3v) is 5.60. The molecule has 0 unspecified atom stereocenters. The van der Waals surface area contributed by atoms with Crippen molar-refractivity contribution in [3.05, 3.63) is 57.8 Å². The van der Waals surface area contributed by atoms with E-state index in [0.29, 0.717) is 16.1 Å². The number of carbonyl (C=O) groups excluding carboxylic acids is 1. The molecule has 6 heteroatoms. The first-order valence-corrected chi connectivity index (χ1v) is 9.29. The molecule has 140 valence electrons. The number of aromatic hydroxyl groups is 2. The van der Waals surface area contributed by atoms with Gasteiger partial charge in [0.2, 0.25) is 5.78 Å². The Labute approximate surface area is 162 Å². The van der Waals surface area contributed by atoms with Crippen LogP contribution in [0.5, 0.6) is 17.2 Å². The summed E-state index contributed by atoms with van der Waals surface area (Å²) in [5, 5.41) is 21.2. The lowest BCUT2D eigenvalue weighted by Crippen LogP contribution is -2.29. The molecule has 2 heterocycles. The highest BCUT2D eigenvalue weighted by atomic mass is 35.5. The van der Waals surface area contributed by atoms with Crippen molar-refractivity contribution in [2.24, 2.45) is 0 Å². The van der Waals surface area contributed by atoms with Crippen molar-refractivity contribution in [3.63, 3.8) is 0 Å². The summed E-state index contributed by atoms with van der Waals surface area (Å²) >= 11 is 6.18. The van der Waals surface area contributed by atoms with Crippen LogP contribution in [0, 0.1) is 0 Å². The number of phenols is 2. The molecule has 2 aliphatic heterocycles. The number of hydrogen-bond acceptors (Lipinski definition) is 5. The minimum Gasteiger partial charge on any atom is -0.507 e. The van der Waals surface area contributed by atoms with Gasteiger partial charge in [0.05, 0.1) is 0 Å². The van der Waals surface area contributed by atoms with E-state index in [1.807, 2.05) is 6.07 Å². The molecule has 0 atom stereocenters. The number of carbonyl (C=O) groups is 1. The van der Waals surface area contributed by atoms with Crippen molar-refractivity contribution in [1.82, 2.24) is 4.90 Å². The van der Waals surface area contributed by atoms with Crippen molar-refractivity contribution in [1.29, 1.82) is 0 Å². The molecule has 0 saturated carbocycles. The number of benzene rings is 2. The quantitative estimate of drug-likeness (QED) is 0.759. The number of allylic oxidation sites excluding steroid dienone is 1. The average Bonchev–Trinajstić information content (AvgIpc) is 2.95. The molecule has 0 aromatic heterocycles. The van der Waals surface area contributed by atoms with Crippen LogP contribution >= 0.6 is 11.6 Å². The topological polar surface area (TPSA) is 70.0 Å². The van der Waals surface area contributed by atoms with Crippen LogP contribution in [0.2, 0.25) is 5.02 Å². The first-order chi connectivity index (χ1) is 13.0. The first-order valence-electron chi connectivity index (χ1n) is 8.92. The molecule has 0 spiro atoms. The number of piperidine rings is 1. The largest absolute Gasteiger partial charge is 0.507 e. The number of Topliss-reactive ketones (excluding diaryl/α,β-unsaturated/α-hetero) is 1. The maximum absolute atomic E-state index is 12.8. The molecule has 2 aromatic rings.